The Labute approximate surface area is 159 Å². The van der Waals surface area contributed by atoms with Gasteiger partial charge in [0, 0.05) is 0 Å². The second kappa shape index (κ2) is 6.92. The third kappa shape index (κ3) is 2.87. The van der Waals surface area contributed by atoms with Crippen LogP contribution in [0.3, 0.4) is 0 Å². The molecule has 0 amide bonds. The maximum Gasteiger partial charge on any atom is 0.223 e. The molecule has 140 valence electrons. The van der Waals surface area contributed by atoms with Gasteiger partial charge in [0.25, 0.3) is 0 Å². The summed E-state index contributed by atoms with van der Waals surface area (Å²) in [6.07, 6.45) is 2.99. The summed E-state index contributed by atoms with van der Waals surface area (Å²) in [5.74, 6) is 1.32. The molecule has 2 aromatic heterocycles. The molecule has 0 radical (unpaired) electrons. The third-order valence-electron chi connectivity index (χ3n) is 3.92. The molecule has 0 saturated carbocycles. The largest absolute Gasteiger partial charge is 0.506 e. The maximum atomic E-state index is 10.6. The number of methoxy groups -OCH3 is 1. The zero-order valence-electron chi connectivity index (χ0n) is 15.2. The summed E-state index contributed by atoms with van der Waals surface area (Å²) in [4.78, 5) is 17.5. The number of aromatic nitrogens is 4. The molecule has 0 aliphatic carbocycles. The highest BCUT2D eigenvalue weighted by molar-refractivity contribution is 5.94. The summed E-state index contributed by atoms with van der Waals surface area (Å²) in [5.41, 5.74) is 12.9. The molecule has 0 bridgehead atoms. The molecule has 1 aromatic carbocycles. The molecule has 9 heteroatoms. The number of phenolic OH excluding ortho intramolecular Hbond substituents is 1. The average molecular weight is 376 g/mol. The quantitative estimate of drug-likeness (QED) is 0.670. The van der Waals surface area contributed by atoms with Gasteiger partial charge >= 0.3 is 0 Å². The molecule has 3 N–H and O–H groups in total. The van der Waals surface area contributed by atoms with Crippen molar-refractivity contribution in [3.63, 3.8) is 0 Å². The van der Waals surface area contributed by atoms with Gasteiger partial charge < -0.3 is 20.3 Å². The molecule has 0 unspecified atom stereocenters. The van der Waals surface area contributed by atoms with Crippen molar-refractivity contribution in [1.82, 2.24) is 19.5 Å². The molecule has 9 nitrogen and oxygen atoms in total. The highest BCUT2D eigenvalue weighted by Crippen LogP contribution is 2.36. The van der Waals surface area contributed by atoms with Crippen molar-refractivity contribution < 1.29 is 14.6 Å². The Bertz CT molecular complexity index is 1210. The molecule has 0 fully saturated rings. The number of aliphatic imine (C=N–C) groups is 1. The van der Waals surface area contributed by atoms with E-state index in [-0.39, 0.29) is 17.2 Å². The van der Waals surface area contributed by atoms with Crippen molar-refractivity contribution in [3.8, 4) is 17.2 Å². The number of hydrogen-bond donors (Lipinski definition) is 2. The Morgan fingerprint density at radius 3 is 2.93 bits per heavy atom. The molecule has 0 spiro atoms. The Morgan fingerprint density at radius 1 is 1.29 bits per heavy atom. The molecule has 1 aliphatic heterocycles. The van der Waals surface area contributed by atoms with Crippen LogP contribution in [0.25, 0.3) is 22.7 Å². The number of imidazole rings is 1. The van der Waals surface area contributed by atoms with Crippen molar-refractivity contribution in [2.45, 2.75) is 6.92 Å². The number of anilines is 1. The maximum absolute atomic E-state index is 10.6. The minimum Gasteiger partial charge on any atom is -0.506 e. The Hall–Kier alpha value is -4.06. The van der Waals surface area contributed by atoms with E-state index in [1.54, 1.807) is 22.8 Å². The van der Waals surface area contributed by atoms with Crippen molar-refractivity contribution in [2.24, 2.45) is 4.99 Å². The van der Waals surface area contributed by atoms with Crippen molar-refractivity contribution in [3.05, 3.63) is 47.8 Å². The van der Waals surface area contributed by atoms with E-state index < -0.39 is 0 Å². The molecule has 1 aliphatic rings. The van der Waals surface area contributed by atoms with Gasteiger partial charge in [0.1, 0.15) is 23.0 Å². The van der Waals surface area contributed by atoms with Gasteiger partial charge in [-0.05, 0) is 24.8 Å². The van der Waals surface area contributed by atoms with Gasteiger partial charge in [-0.25, -0.2) is 19.9 Å². The van der Waals surface area contributed by atoms with E-state index in [9.17, 15) is 5.11 Å². The van der Waals surface area contributed by atoms with Crippen molar-refractivity contribution in [2.75, 3.05) is 19.5 Å². The van der Waals surface area contributed by atoms with Gasteiger partial charge in [-0.3, -0.25) is 4.57 Å². The summed E-state index contributed by atoms with van der Waals surface area (Å²) in [5, 5.41) is 10.6. The minimum atomic E-state index is -0.0246. The fraction of sp³-hybridized carbons (Fsp3) is 0.158. The zero-order chi connectivity index (χ0) is 19.7. The highest BCUT2D eigenvalue weighted by Gasteiger charge is 2.24. The van der Waals surface area contributed by atoms with Crippen LogP contribution in [0.4, 0.5) is 5.82 Å². The lowest BCUT2D eigenvalue weighted by molar-refractivity contribution is 0.330. The normalized spacial score (nSPS) is 12.8. The van der Waals surface area contributed by atoms with Crippen LogP contribution in [0.1, 0.15) is 12.7 Å². The summed E-state index contributed by atoms with van der Waals surface area (Å²) in [6, 6.07) is 4.93. The number of nitrogen functional groups attached to an aromatic ring is 1. The second-order valence-electron chi connectivity index (χ2n) is 5.69. The van der Waals surface area contributed by atoms with Gasteiger partial charge in [-0.2, -0.15) is 0 Å². The molecular weight excluding hydrogens is 360 g/mol. The Morgan fingerprint density at radius 2 is 2.14 bits per heavy atom. The monoisotopic (exact) mass is 376 g/mol. The fourth-order valence-corrected chi connectivity index (χ4v) is 2.80. The number of phenols is 1. The van der Waals surface area contributed by atoms with E-state index >= 15 is 0 Å². The summed E-state index contributed by atoms with van der Waals surface area (Å²) in [7, 11) is 1.51. The number of nitrogens with zero attached hydrogens (tertiary/aromatic N) is 5. The molecule has 4 rings (SSSR count). The summed E-state index contributed by atoms with van der Waals surface area (Å²) < 4.78 is 12.5. The number of hydrogen-bond acceptors (Lipinski definition) is 8. The highest BCUT2D eigenvalue weighted by atomic mass is 16.5. The first-order valence-electron chi connectivity index (χ1n) is 8.43. The average Bonchev–Trinajstić information content (AvgIpc) is 3.06. The molecule has 0 atom stereocenters. The summed E-state index contributed by atoms with van der Waals surface area (Å²) in [6.45, 7) is 2.31. The van der Waals surface area contributed by atoms with Crippen LogP contribution in [-0.4, -0.2) is 44.2 Å². The number of aromatic hydroxyl groups is 1. The Kier molecular flexibility index (Phi) is 4.29. The van der Waals surface area contributed by atoms with E-state index in [4.69, 9.17) is 15.2 Å². The predicted molar refractivity (Wildman–Crippen MR) is 103 cm³/mol. The van der Waals surface area contributed by atoms with Crippen molar-refractivity contribution in [1.29, 1.82) is 0 Å². The zero-order valence-corrected chi connectivity index (χ0v) is 15.2. The standard InChI is InChI=1S/C19H16N6O3/c1-3-28-15-9-4-6-11(22-15)18-24-17-19(21-10-14(20)23-17)25(18)16-12(26)7-5-8-13(16)27-2/h5,7-10,26H,3H2,1-2H3,(H2,20,23). The van der Waals surface area contributed by atoms with Crippen LogP contribution >= 0.6 is 0 Å². The van der Waals surface area contributed by atoms with Crippen LogP contribution in [0.15, 0.2) is 46.9 Å². The number of benzene rings is 1. The number of fused-ring (bicyclic) bond motifs is 1. The SMILES string of the molecule is CCOC1=NC(c2nc3nc(N)cnc3n2-c2c(O)cccc2OC)=C=C=C1. The van der Waals surface area contributed by atoms with Gasteiger partial charge in [-0.1, -0.05) is 11.8 Å². The lowest BCUT2D eigenvalue weighted by atomic mass is 10.2. The van der Waals surface area contributed by atoms with Crippen LogP contribution in [0.5, 0.6) is 11.5 Å². The van der Waals surface area contributed by atoms with Crippen LogP contribution in [0.2, 0.25) is 0 Å². The fourth-order valence-electron chi connectivity index (χ4n) is 2.80. The topological polar surface area (TPSA) is 121 Å². The molecule has 3 aromatic rings. The number of ether oxygens (including phenoxy) is 2. The van der Waals surface area contributed by atoms with E-state index in [2.05, 4.69) is 31.4 Å². The van der Waals surface area contributed by atoms with Crippen LogP contribution in [0, 0.1) is 0 Å². The number of rotatable bonds is 4. The van der Waals surface area contributed by atoms with Gasteiger partial charge in [0.2, 0.25) is 5.90 Å². The van der Waals surface area contributed by atoms with Crippen LogP contribution in [-0.2, 0) is 4.74 Å². The molecule has 0 saturated heterocycles. The lowest BCUT2D eigenvalue weighted by Gasteiger charge is -2.14. The Balaban J connectivity index is 2.05. The lowest BCUT2D eigenvalue weighted by Crippen LogP contribution is -2.07. The van der Waals surface area contributed by atoms with Gasteiger partial charge in [-0.15, -0.1) is 0 Å². The first-order chi connectivity index (χ1) is 13.6. The number of para-hydroxylation sites is 1. The third-order valence-corrected chi connectivity index (χ3v) is 3.92. The van der Waals surface area contributed by atoms with E-state index in [0.717, 1.165) is 0 Å². The first kappa shape index (κ1) is 17.4. The second-order valence-corrected chi connectivity index (χ2v) is 5.69. The van der Waals surface area contributed by atoms with E-state index in [0.29, 0.717) is 41.1 Å². The molecule has 28 heavy (non-hydrogen) atoms. The van der Waals surface area contributed by atoms with Gasteiger partial charge in [0.05, 0.1) is 26.0 Å². The van der Waals surface area contributed by atoms with Gasteiger partial charge in [0.15, 0.2) is 22.8 Å². The minimum absolute atomic E-state index is 0.0246. The predicted octanol–water partition coefficient (Wildman–Crippen LogP) is 2.21. The van der Waals surface area contributed by atoms with Crippen LogP contribution < -0.4 is 10.5 Å². The number of nitrogens with two attached hydrogens (primary N) is 1. The van der Waals surface area contributed by atoms with Crippen molar-refractivity contribution >= 4 is 28.7 Å². The van der Waals surface area contributed by atoms with E-state index in [1.165, 1.54) is 19.4 Å². The smallest absolute Gasteiger partial charge is 0.223 e. The first-order valence-corrected chi connectivity index (χ1v) is 8.43. The molecule has 3 heterocycles. The summed E-state index contributed by atoms with van der Waals surface area (Å²) >= 11 is 0. The van der Waals surface area contributed by atoms with E-state index in [1.807, 2.05) is 6.92 Å². The molecular formula is C19H16N6O3.